The molecule has 0 saturated heterocycles. The van der Waals surface area contributed by atoms with Crippen molar-refractivity contribution >= 4 is 12.0 Å². The number of carbonyl (C=O) groups excluding carboxylic acids is 2. The Morgan fingerprint density at radius 1 is 1.21 bits per heavy atom. The summed E-state index contributed by atoms with van der Waals surface area (Å²) < 4.78 is 4.60. The van der Waals surface area contributed by atoms with Gasteiger partial charge >= 0.3 is 12.0 Å². The first-order valence-electron chi connectivity index (χ1n) is 5.88. The smallest absolute Gasteiger partial charge is 0.337 e. The Hall–Kier alpha value is -2.30. The summed E-state index contributed by atoms with van der Waals surface area (Å²) in [5.41, 5.74) is 2.40. The second-order valence-corrected chi connectivity index (χ2v) is 4.24. The molecule has 1 aromatic carbocycles. The van der Waals surface area contributed by atoms with Crippen LogP contribution in [0.5, 0.6) is 0 Å². The largest absolute Gasteiger partial charge is 0.465 e. The number of hydrogen-bond acceptors (Lipinski definition) is 3. The van der Waals surface area contributed by atoms with Crippen LogP contribution in [0, 0.1) is 0 Å². The molecule has 0 fully saturated rings. The molecule has 19 heavy (non-hydrogen) atoms. The average Bonchev–Trinajstić information content (AvgIpc) is 2.42. The Kier molecular flexibility index (Phi) is 5.60. The van der Waals surface area contributed by atoms with Gasteiger partial charge in [0, 0.05) is 12.7 Å². The van der Waals surface area contributed by atoms with Crippen LogP contribution in [0.3, 0.4) is 0 Å². The van der Waals surface area contributed by atoms with Crippen molar-refractivity contribution < 1.29 is 14.3 Å². The van der Waals surface area contributed by atoms with E-state index >= 15 is 0 Å². The van der Waals surface area contributed by atoms with Crippen LogP contribution in [0.2, 0.25) is 0 Å². The molecule has 5 heteroatoms. The summed E-state index contributed by atoms with van der Waals surface area (Å²) in [5.74, 6) is -0.374. The summed E-state index contributed by atoms with van der Waals surface area (Å²) >= 11 is 0. The highest BCUT2D eigenvalue weighted by atomic mass is 16.5. The lowest BCUT2D eigenvalue weighted by molar-refractivity contribution is 0.0600. The van der Waals surface area contributed by atoms with Crippen molar-refractivity contribution in [2.45, 2.75) is 20.4 Å². The number of allylic oxidation sites excluding steroid dienone is 1. The molecule has 0 aromatic heterocycles. The van der Waals surface area contributed by atoms with Crippen LogP contribution < -0.4 is 10.6 Å². The predicted molar refractivity (Wildman–Crippen MR) is 72.6 cm³/mol. The predicted octanol–water partition coefficient (Wildman–Crippen LogP) is 2.20. The lowest BCUT2D eigenvalue weighted by atomic mass is 10.1. The molecule has 5 nitrogen and oxygen atoms in total. The number of nitrogens with one attached hydrogen (secondary N) is 2. The minimum Gasteiger partial charge on any atom is -0.465 e. The SMILES string of the molecule is COC(=O)c1ccc(CNC(=O)NC=C(C)C)cc1. The molecule has 0 aliphatic rings. The third kappa shape index (κ3) is 5.25. The van der Waals surface area contributed by atoms with Gasteiger partial charge in [-0.3, -0.25) is 0 Å². The monoisotopic (exact) mass is 262 g/mol. The van der Waals surface area contributed by atoms with Gasteiger partial charge in [-0.1, -0.05) is 17.7 Å². The molecule has 1 aromatic rings. The van der Waals surface area contributed by atoms with E-state index in [4.69, 9.17) is 0 Å². The van der Waals surface area contributed by atoms with E-state index in [-0.39, 0.29) is 12.0 Å². The van der Waals surface area contributed by atoms with Gasteiger partial charge in [0.05, 0.1) is 12.7 Å². The second kappa shape index (κ2) is 7.20. The molecule has 0 radical (unpaired) electrons. The minimum atomic E-state index is -0.374. The van der Waals surface area contributed by atoms with E-state index in [1.54, 1.807) is 30.5 Å². The maximum absolute atomic E-state index is 11.4. The van der Waals surface area contributed by atoms with Gasteiger partial charge in [0.1, 0.15) is 0 Å². The van der Waals surface area contributed by atoms with Crippen molar-refractivity contribution in [1.82, 2.24) is 10.6 Å². The molecule has 0 heterocycles. The van der Waals surface area contributed by atoms with E-state index in [9.17, 15) is 9.59 Å². The molecule has 0 bridgehead atoms. The van der Waals surface area contributed by atoms with Crippen molar-refractivity contribution in [2.24, 2.45) is 0 Å². The van der Waals surface area contributed by atoms with Crippen LogP contribution in [-0.2, 0) is 11.3 Å². The van der Waals surface area contributed by atoms with Crippen molar-refractivity contribution in [3.05, 3.63) is 47.2 Å². The number of rotatable bonds is 4. The first-order chi connectivity index (χ1) is 9.02. The van der Waals surface area contributed by atoms with Crippen LogP contribution in [-0.4, -0.2) is 19.1 Å². The molecule has 0 saturated carbocycles. The molecule has 2 N–H and O–H groups in total. The van der Waals surface area contributed by atoms with Gasteiger partial charge in [-0.25, -0.2) is 9.59 Å². The summed E-state index contributed by atoms with van der Waals surface area (Å²) in [6, 6.07) is 6.60. The highest BCUT2D eigenvalue weighted by molar-refractivity contribution is 5.89. The second-order valence-electron chi connectivity index (χ2n) is 4.24. The van der Waals surface area contributed by atoms with Crippen molar-refractivity contribution in [2.75, 3.05) is 7.11 Å². The van der Waals surface area contributed by atoms with Crippen LogP contribution in [0.25, 0.3) is 0 Å². The molecule has 102 valence electrons. The lowest BCUT2D eigenvalue weighted by Crippen LogP contribution is -2.31. The van der Waals surface area contributed by atoms with Gasteiger partial charge in [0.25, 0.3) is 0 Å². The van der Waals surface area contributed by atoms with Crippen LogP contribution >= 0.6 is 0 Å². The topological polar surface area (TPSA) is 67.4 Å². The third-order valence-corrected chi connectivity index (χ3v) is 2.32. The molecular weight excluding hydrogens is 244 g/mol. The number of hydrogen-bond donors (Lipinski definition) is 2. The van der Waals surface area contributed by atoms with Crippen molar-refractivity contribution in [1.29, 1.82) is 0 Å². The Balaban J connectivity index is 2.48. The number of methoxy groups -OCH3 is 1. The van der Waals surface area contributed by atoms with E-state index in [1.165, 1.54) is 7.11 Å². The number of amides is 2. The van der Waals surface area contributed by atoms with Crippen molar-refractivity contribution in [3.8, 4) is 0 Å². The molecule has 1 rings (SSSR count). The molecule has 0 aliphatic heterocycles. The number of urea groups is 1. The quantitative estimate of drug-likeness (QED) is 0.817. The summed E-state index contributed by atoms with van der Waals surface area (Å²) in [4.78, 5) is 22.6. The minimum absolute atomic E-state index is 0.266. The Morgan fingerprint density at radius 3 is 2.37 bits per heavy atom. The van der Waals surface area contributed by atoms with Gasteiger partial charge in [0.15, 0.2) is 0 Å². The Morgan fingerprint density at radius 2 is 1.84 bits per heavy atom. The Bertz CT molecular complexity index is 474. The highest BCUT2D eigenvalue weighted by Gasteiger charge is 2.04. The number of benzene rings is 1. The molecular formula is C14H18N2O3. The number of carbonyl (C=O) groups is 2. The molecule has 0 aliphatic carbocycles. The standard InChI is InChI=1S/C14H18N2O3/c1-10(2)8-15-14(18)16-9-11-4-6-12(7-5-11)13(17)19-3/h4-8H,9H2,1-3H3,(H2,15,16,18). The number of ether oxygens (including phenoxy) is 1. The maximum Gasteiger partial charge on any atom is 0.337 e. The van der Waals surface area contributed by atoms with Gasteiger partial charge in [-0.05, 0) is 31.5 Å². The zero-order chi connectivity index (χ0) is 14.3. The van der Waals surface area contributed by atoms with E-state index in [1.807, 2.05) is 13.8 Å². The van der Waals surface area contributed by atoms with E-state index < -0.39 is 0 Å². The highest BCUT2D eigenvalue weighted by Crippen LogP contribution is 2.05. The normalized spacial score (nSPS) is 9.42. The van der Waals surface area contributed by atoms with Crippen LogP contribution in [0.1, 0.15) is 29.8 Å². The zero-order valence-electron chi connectivity index (χ0n) is 11.3. The van der Waals surface area contributed by atoms with Gasteiger partial charge in [0.2, 0.25) is 0 Å². The molecule has 0 unspecified atom stereocenters. The van der Waals surface area contributed by atoms with Crippen molar-refractivity contribution in [3.63, 3.8) is 0 Å². The summed E-state index contributed by atoms with van der Waals surface area (Å²) in [5, 5.41) is 5.31. The summed E-state index contributed by atoms with van der Waals surface area (Å²) in [6.07, 6.45) is 1.63. The first-order valence-corrected chi connectivity index (χ1v) is 5.88. The fourth-order valence-corrected chi connectivity index (χ4v) is 1.32. The Labute approximate surface area is 112 Å². The van der Waals surface area contributed by atoms with E-state index in [2.05, 4.69) is 15.4 Å². The van der Waals surface area contributed by atoms with Crippen LogP contribution in [0.15, 0.2) is 36.0 Å². The lowest BCUT2D eigenvalue weighted by Gasteiger charge is -2.06. The zero-order valence-corrected chi connectivity index (χ0v) is 11.3. The molecule has 0 atom stereocenters. The molecule has 2 amide bonds. The van der Waals surface area contributed by atoms with Gasteiger partial charge in [-0.15, -0.1) is 0 Å². The summed E-state index contributed by atoms with van der Waals surface area (Å²) in [7, 11) is 1.34. The number of esters is 1. The maximum atomic E-state index is 11.4. The summed E-state index contributed by atoms with van der Waals surface area (Å²) in [6.45, 7) is 4.18. The molecule has 0 spiro atoms. The van der Waals surface area contributed by atoms with Crippen LogP contribution in [0.4, 0.5) is 4.79 Å². The van der Waals surface area contributed by atoms with E-state index in [0.29, 0.717) is 12.1 Å². The fraction of sp³-hybridized carbons (Fsp3) is 0.286. The third-order valence-electron chi connectivity index (χ3n) is 2.32. The first kappa shape index (κ1) is 14.8. The fourth-order valence-electron chi connectivity index (χ4n) is 1.32. The van der Waals surface area contributed by atoms with Gasteiger partial charge in [-0.2, -0.15) is 0 Å². The van der Waals surface area contributed by atoms with E-state index in [0.717, 1.165) is 11.1 Å². The average molecular weight is 262 g/mol. The van der Waals surface area contributed by atoms with Gasteiger partial charge < -0.3 is 15.4 Å².